The Morgan fingerprint density at radius 2 is 2.33 bits per heavy atom. The number of nitrogens with one attached hydrogen (secondary N) is 1. The van der Waals surface area contributed by atoms with Crippen LogP contribution in [0, 0.1) is 0 Å². The summed E-state index contributed by atoms with van der Waals surface area (Å²) in [7, 11) is 1.32. The highest BCUT2D eigenvalue weighted by atomic mass is 16.5. The van der Waals surface area contributed by atoms with Crippen molar-refractivity contribution in [1.29, 1.82) is 0 Å². The van der Waals surface area contributed by atoms with Gasteiger partial charge in [-0.3, -0.25) is 4.79 Å². The zero-order valence-electron chi connectivity index (χ0n) is 8.86. The van der Waals surface area contributed by atoms with E-state index >= 15 is 0 Å². The van der Waals surface area contributed by atoms with Crippen LogP contribution < -0.4 is 11.1 Å². The van der Waals surface area contributed by atoms with Gasteiger partial charge in [0, 0.05) is 25.7 Å². The fraction of sp³-hybridized carbons (Fsp3) is 0.778. The Labute approximate surface area is 88.7 Å². The molecule has 0 radical (unpaired) electrons. The normalized spacial score (nSPS) is 20.1. The van der Waals surface area contributed by atoms with Crippen LogP contribution in [0.15, 0.2) is 0 Å². The van der Waals surface area contributed by atoms with Crippen molar-refractivity contribution in [2.75, 3.05) is 26.7 Å². The number of methoxy groups -OCH3 is 1. The maximum atomic E-state index is 11.5. The number of carbonyl (C=O) groups is 2. The molecule has 0 saturated carbocycles. The van der Waals surface area contributed by atoms with E-state index in [-0.39, 0.29) is 24.5 Å². The Kier molecular flexibility index (Phi) is 4.36. The van der Waals surface area contributed by atoms with Gasteiger partial charge in [-0.05, 0) is 6.42 Å². The standard InChI is InChI=1S/C9H17N3O3/c1-15-8(13)2-4-11-9(14)12-5-3-7(10)6-12/h7H,2-6,10H2,1H3,(H,11,14)/t7-/m0/s1. The molecule has 1 aliphatic heterocycles. The molecule has 1 aliphatic rings. The quantitative estimate of drug-likeness (QED) is 0.609. The number of hydrogen-bond donors (Lipinski definition) is 2. The zero-order chi connectivity index (χ0) is 11.3. The molecule has 1 fully saturated rings. The molecular formula is C9H17N3O3. The molecule has 0 aromatic carbocycles. The summed E-state index contributed by atoms with van der Waals surface area (Å²) in [6.45, 7) is 1.58. The van der Waals surface area contributed by atoms with Crippen LogP contribution in [0.4, 0.5) is 4.79 Å². The van der Waals surface area contributed by atoms with Gasteiger partial charge in [-0.1, -0.05) is 0 Å². The molecular weight excluding hydrogens is 198 g/mol. The number of rotatable bonds is 3. The predicted molar refractivity (Wildman–Crippen MR) is 54.2 cm³/mol. The van der Waals surface area contributed by atoms with Crippen molar-refractivity contribution in [3.63, 3.8) is 0 Å². The monoisotopic (exact) mass is 215 g/mol. The number of carbonyl (C=O) groups excluding carboxylic acids is 2. The molecule has 0 aromatic rings. The maximum Gasteiger partial charge on any atom is 0.317 e. The second-order valence-corrected chi connectivity index (χ2v) is 3.55. The van der Waals surface area contributed by atoms with Crippen molar-refractivity contribution in [3.05, 3.63) is 0 Å². The number of nitrogens with zero attached hydrogens (tertiary/aromatic N) is 1. The third-order valence-corrected chi connectivity index (χ3v) is 2.34. The van der Waals surface area contributed by atoms with Crippen LogP contribution in [0.25, 0.3) is 0 Å². The van der Waals surface area contributed by atoms with Gasteiger partial charge in [-0.15, -0.1) is 0 Å². The molecule has 0 spiro atoms. The number of urea groups is 1. The van der Waals surface area contributed by atoms with Gasteiger partial charge >= 0.3 is 12.0 Å². The Balaban J connectivity index is 2.16. The topological polar surface area (TPSA) is 84.7 Å². The van der Waals surface area contributed by atoms with Crippen molar-refractivity contribution in [2.24, 2.45) is 5.73 Å². The van der Waals surface area contributed by atoms with Gasteiger partial charge in [0.05, 0.1) is 13.5 Å². The first-order valence-electron chi connectivity index (χ1n) is 4.98. The van der Waals surface area contributed by atoms with Crippen LogP contribution in [-0.4, -0.2) is 49.7 Å². The van der Waals surface area contributed by atoms with Gasteiger partial charge in [0.1, 0.15) is 0 Å². The van der Waals surface area contributed by atoms with Crippen LogP contribution in [-0.2, 0) is 9.53 Å². The first kappa shape index (κ1) is 11.8. The van der Waals surface area contributed by atoms with Crippen molar-refractivity contribution in [3.8, 4) is 0 Å². The van der Waals surface area contributed by atoms with Gasteiger partial charge < -0.3 is 20.7 Å². The lowest BCUT2D eigenvalue weighted by molar-refractivity contribution is -0.140. The lowest BCUT2D eigenvalue weighted by Crippen LogP contribution is -2.40. The highest BCUT2D eigenvalue weighted by Gasteiger charge is 2.23. The molecule has 6 heteroatoms. The van der Waals surface area contributed by atoms with Gasteiger partial charge in [-0.25, -0.2) is 4.79 Å². The molecule has 0 unspecified atom stereocenters. The van der Waals surface area contributed by atoms with Gasteiger partial charge in [-0.2, -0.15) is 0 Å². The molecule has 6 nitrogen and oxygen atoms in total. The third kappa shape index (κ3) is 3.75. The summed E-state index contributed by atoms with van der Waals surface area (Å²) < 4.78 is 4.45. The van der Waals surface area contributed by atoms with Crippen LogP contribution in [0.5, 0.6) is 0 Å². The van der Waals surface area contributed by atoms with E-state index in [9.17, 15) is 9.59 Å². The highest BCUT2D eigenvalue weighted by Crippen LogP contribution is 2.06. The third-order valence-electron chi connectivity index (χ3n) is 2.34. The molecule has 15 heavy (non-hydrogen) atoms. The average Bonchev–Trinajstić information content (AvgIpc) is 2.64. The van der Waals surface area contributed by atoms with Gasteiger partial charge in [0.25, 0.3) is 0 Å². The number of likely N-dealkylation sites (tertiary alicyclic amines) is 1. The van der Waals surface area contributed by atoms with Crippen molar-refractivity contribution in [2.45, 2.75) is 18.9 Å². The first-order chi connectivity index (χ1) is 7.13. The van der Waals surface area contributed by atoms with E-state index in [1.807, 2.05) is 0 Å². The van der Waals surface area contributed by atoms with E-state index in [0.29, 0.717) is 19.6 Å². The maximum absolute atomic E-state index is 11.5. The first-order valence-corrected chi connectivity index (χ1v) is 4.98. The number of ether oxygens (including phenoxy) is 1. The molecule has 1 saturated heterocycles. The van der Waals surface area contributed by atoms with E-state index in [1.54, 1.807) is 4.90 Å². The Morgan fingerprint density at radius 1 is 1.60 bits per heavy atom. The average molecular weight is 215 g/mol. The summed E-state index contributed by atoms with van der Waals surface area (Å²) in [6, 6.07) is -0.0804. The van der Waals surface area contributed by atoms with Crippen molar-refractivity contribution in [1.82, 2.24) is 10.2 Å². The molecule has 0 bridgehead atoms. The zero-order valence-corrected chi connectivity index (χ0v) is 8.86. The fourth-order valence-electron chi connectivity index (χ4n) is 1.46. The lowest BCUT2D eigenvalue weighted by Gasteiger charge is -2.16. The van der Waals surface area contributed by atoms with Crippen molar-refractivity contribution < 1.29 is 14.3 Å². The summed E-state index contributed by atoms with van der Waals surface area (Å²) in [6.07, 6.45) is 1.03. The van der Waals surface area contributed by atoms with Gasteiger partial charge in [0.2, 0.25) is 0 Å². The SMILES string of the molecule is COC(=O)CCNC(=O)N1CC[C@H](N)C1. The van der Waals surface area contributed by atoms with E-state index in [1.165, 1.54) is 7.11 Å². The number of esters is 1. The smallest absolute Gasteiger partial charge is 0.317 e. The minimum Gasteiger partial charge on any atom is -0.469 e. The molecule has 86 valence electrons. The second-order valence-electron chi connectivity index (χ2n) is 3.55. The van der Waals surface area contributed by atoms with Crippen LogP contribution >= 0.6 is 0 Å². The Bertz CT molecular complexity index is 245. The summed E-state index contributed by atoms with van der Waals surface area (Å²) in [5.74, 6) is -0.326. The van der Waals surface area contributed by atoms with Crippen LogP contribution in [0.2, 0.25) is 0 Å². The molecule has 1 atom stereocenters. The molecule has 2 amide bonds. The molecule has 0 aliphatic carbocycles. The second kappa shape index (κ2) is 5.55. The molecule has 0 aromatic heterocycles. The van der Waals surface area contributed by atoms with Crippen LogP contribution in [0.1, 0.15) is 12.8 Å². The van der Waals surface area contributed by atoms with E-state index in [0.717, 1.165) is 6.42 Å². The minimum absolute atomic E-state index is 0.0800. The summed E-state index contributed by atoms with van der Waals surface area (Å²) >= 11 is 0. The largest absolute Gasteiger partial charge is 0.469 e. The molecule has 1 heterocycles. The van der Waals surface area contributed by atoms with E-state index in [4.69, 9.17) is 5.73 Å². The van der Waals surface area contributed by atoms with Gasteiger partial charge in [0.15, 0.2) is 0 Å². The van der Waals surface area contributed by atoms with Crippen LogP contribution in [0.3, 0.4) is 0 Å². The number of nitrogens with two attached hydrogens (primary N) is 1. The molecule has 3 N–H and O–H groups in total. The number of amides is 2. The summed E-state index contributed by atoms with van der Waals surface area (Å²) in [5.41, 5.74) is 5.67. The fourth-order valence-corrected chi connectivity index (χ4v) is 1.46. The Morgan fingerprint density at radius 3 is 2.87 bits per heavy atom. The predicted octanol–water partition coefficient (Wildman–Crippen LogP) is -0.708. The highest BCUT2D eigenvalue weighted by molar-refractivity contribution is 5.75. The Hall–Kier alpha value is -1.30. The summed E-state index contributed by atoms with van der Waals surface area (Å²) in [5, 5.41) is 2.64. The van der Waals surface area contributed by atoms with E-state index in [2.05, 4.69) is 10.1 Å². The summed E-state index contributed by atoms with van der Waals surface area (Å²) in [4.78, 5) is 23.9. The lowest BCUT2D eigenvalue weighted by atomic mass is 10.3. The van der Waals surface area contributed by atoms with Crippen molar-refractivity contribution >= 4 is 12.0 Å². The number of hydrogen-bond acceptors (Lipinski definition) is 4. The molecule has 1 rings (SSSR count). The minimum atomic E-state index is -0.326. The van der Waals surface area contributed by atoms with E-state index < -0.39 is 0 Å².